The van der Waals surface area contributed by atoms with E-state index in [0.717, 1.165) is 11.3 Å². The summed E-state index contributed by atoms with van der Waals surface area (Å²) in [6.07, 6.45) is 0. The van der Waals surface area contributed by atoms with Crippen molar-refractivity contribution < 1.29 is 4.52 Å². The molecule has 2 heterocycles. The lowest BCUT2D eigenvalue weighted by atomic mass is 10.2. The molecule has 0 saturated carbocycles. The molecule has 6 nitrogen and oxygen atoms in total. The maximum absolute atomic E-state index is 5.10. The lowest BCUT2D eigenvalue weighted by Gasteiger charge is -1.93. The zero-order valence-electron chi connectivity index (χ0n) is 9.82. The third kappa shape index (κ3) is 2.13. The highest BCUT2D eigenvalue weighted by atomic mass is 16.5. The normalized spacial score (nSPS) is 10.7. The van der Waals surface area contributed by atoms with Crippen molar-refractivity contribution in [2.24, 2.45) is 0 Å². The Morgan fingerprint density at radius 1 is 1.22 bits per heavy atom. The van der Waals surface area contributed by atoms with Crippen LogP contribution in [-0.2, 0) is 6.54 Å². The summed E-state index contributed by atoms with van der Waals surface area (Å²) in [6.45, 7) is 2.30. The van der Waals surface area contributed by atoms with E-state index in [0.29, 0.717) is 18.1 Å². The molecule has 0 atom stereocenters. The van der Waals surface area contributed by atoms with Crippen LogP contribution in [-0.4, -0.2) is 25.4 Å². The minimum Gasteiger partial charge on any atom is -0.359 e. The minimum atomic E-state index is 0.431. The molecular weight excluding hydrogens is 230 g/mol. The number of rotatable bonds is 3. The molecule has 1 aromatic carbocycles. The van der Waals surface area contributed by atoms with Gasteiger partial charge >= 0.3 is 0 Å². The quantitative estimate of drug-likeness (QED) is 0.697. The van der Waals surface area contributed by atoms with Gasteiger partial charge in [-0.15, -0.1) is 10.2 Å². The van der Waals surface area contributed by atoms with E-state index in [1.54, 1.807) is 0 Å². The summed E-state index contributed by atoms with van der Waals surface area (Å²) in [5.74, 6) is 1.32. The van der Waals surface area contributed by atoms with Crippen molar-refractivity contribution in [2.45, 2.75) is 13.5 Å². The van der Waals surface area contributed by atoms with Gasteiger partial charge in [-0.3, -0.25) is 0 Å². The van der Waals surface area contributed by atoms with E-state index in [1.807, 2.05) is 43.3 Å². The van der Waals surface area contributed by atoms with Gasteiger partial charge in [-0.25, -0.2) is 0 Å². The molecule has 0 saturated heterocycles. The first kappa shape index (κ1) is 10.6. The standard InChI is InChI=1S/C12H11N5O/c1-9-7-11(18-15-9)8-17-14-12(13-16-17)10-5-3-2-4-6-10/h2-7H,8H2,1H3. The average Bonchev–Trinajstić information content (AvgIpc) is 3.01. The van der Waals surface area contributed by atoms with Crippen LogP contribution in [0.25, 0.3) is 11.4 Å². The minimum absolute atomic E-state index is 0.431. The topological polar surface area (TPSA) is 69.6 Å². The Labute approximate surface area is 103 Å². The first-order chi connectivity index (χ1) is 8.81. The summed E-state index contributed by atoms with van der Waals surface area (Å²) in [6, 6.07) is 11.6. The lowest BCUT2D eigenvalue weighted by molar-refractivity contribution is 0.359. The molecule has 0 radical (unpaired) electrons. The molecule has 3 rings (SSSR count). The average molecular weight is 241 g/mol. The fourth-order valence-corrected chi connectivity index (χ4v) is 1.64. The summed E-state index contributed by atoms with van der Waals surface area (Å²) in [7, 11) is 0. The number of nitrogens with zero attached hydrogens (tertiary/aromatic N) is 5. The van der Waals surface area contributed by atoms with E-state index in [9.17, 15) is 0 Å². The van der Waals surface area contributed by atoms with E-state index in [-0.39, 0.29) is 0 Å². The van der Waals surface area contributed by atoms with Crippen LogP contribution in [0.3, 0.4) is 0 Å². The maximum Gasteiger partial charge on any atom is 0.204 e. The summed E-state index contributed by atoms with van der Waals surface area (Å²) in [5, 5.41) is 16.1. The fourth-order valence-electron chi connectivity index (χ4n) is 1.64. The van der Waals surface area contributed by atoms with Crippen LogP contribution in [0.5, 0.6) is 0 Å². The Balaban J connectivity index is 1.82. The molecule has 0 fully saturated rings. The van der Waals surface area contributed by atoms with Crippen LogP contribution in [0, 0.1) is 6.92 Å². The summed E-state index contributed by atoms with van der Waals surface area (Å²) < 4.78 is 5.10. The van der Waals surface area contributed by atoms with Gasteiger partial charge in [0, 0.05) is 11.6 Å². The van der Waals surface area contributed by atoms with Crippen molar-refractivity contribution in [3.8, 4) is 11.4 Å². The summed E-state index contributed by atoms with van der Waals surface area (Å²) >= 11 is 0. The second kappa shape index (κ2) is 4.40. The summed E-state index contributed by atoms with van der Waals surface area (Å²) in [4.78, 5) is 1.49. The molecule has 0 unspecified atom stereocenters. The molecule has 6 heteroatoms. The van der Waals surface area contributed by atoms with Crippen molar-refractivity contribution in [3.05, 3.63) is 47.9 Å². The van der Waals surface area contributed by atoms with Gasteiger partial charge in [-0.2, -0.15) is 4.80 Å². The highest BCUT2D eigenvalue weighted by Crippen LogP contribution is 2.12. The van der Waals surface area contributed by atoms with Crippen molar-refractivity contribution in [3.63, 3.8) is 0 Å². The van der Waals surface area contributed by atoms with E-state index >= 15 is 0 Å². The summed E-state index contributed by atoms with van der Waals surface area (Å²) in [5.41, 5.74) is 1.78. The number of tetrazole rings is 1. The van der Waals surface area contributed by atoms with Crippen molar-refractivity contribution in [2.75, 3.05) is 0 Å². The molecule has 0 spiro atoms. The molecule has 0 bridgehead atoms. The van der Waals surface area contributed by atoms with Gasteiger partial charge in [0.1, 0.15) is 6.54 Å². The molecule has 2 aromatic heterocycles. The van der Waals surface area contributed by atoms with E-state index in [1.165, 1.54) is 4.80 Å². The number of aromatic nitrogens is 5. The molecule has 0 aliphatic heterocycles. The second-order valence-electron chi connectivity index (χ2n) is 3.94. The van der Waals surface area contributed by atoms with Crippen LogP contribution < -0.4 is 0 Å². The molecular formula is C12H11N5O. The van der Waals surface area contributed by atoms with E-state index in [2.05, 4.69) is 20.6 Å². The van der Waals surface area contributed by atoms with Gasteiger partial charge < -0.3 is 4.52 Å². The molecule has 0 aliphatic rings. The van der Waals surface area contributed by atoms with Crippen molar-refractivity contribution >= 4 is 0 Å². The van der Waals surface area contributed by atoms with Crippen LogP contribution in [0.4, 0.5) is 0 Å². The van der Waals surface area contributed by atoms with Gasteiger partial charge in [0.05, 0.1) is 5.69 Å². The van der Waals surface area contributed by atoms with Gasteiger partial charge in [0.25, 0.3) is 0 Å². The first-order valence-electron chi connectivity index (χ1n) is 5.57. The van der Waals surface area contributed by atoms with Crippen LogP contribution >= 0.6 is 0 Å². The zero-order valence-corrected chi connectivity index (χ0v) is 9.82. The van der Waals surface area contributed by atoms with E-state index < -0.39 is 0 Å². The highest BCUT2D eigenvalue weighted by Gasteiger charge is 2.07. The van der Waals surface area contributed by atoms with Crippen LogP contribution in [0.15, 0.2) is 40.9 Å². The Morgan fingerprint density at radius 3 is 2.78 bits per heavy atom. The maximum atomic E-state index is 5.10. The highest BCUT2D eigenvalue weighted by molar-refractivity contribution is 5.52. The number of aryl methyl sites for hydroxylation is 1. The lowest BCUT2D eigenvalue weighted by Crippen LogP contribution is -2.03. The van der Waals surface area contributed by atoms with Crippen LogP contribution in [0.2, 0.25) is 0 Å². The largest absolute Gasteiger partial charge is 0.359 e. The predicted molar refractivity (Wildman–Crippen MR) is 63.6 cm³/mol. The Hall–Kier alpha value is -2.50. The third-order valence-corrected chi connectivity index (χ3v) is 2.46. The van der Waals surface area contributed by atoms with Gasteiger partial charge in [0.2, 0.25) is 5.82 Å². The van der Waals surface area contributed by atoms with Crippen molar-refractivity contribution in [1.29, 1.82) is 0 Å². The molecule has 0 N–H and O–H groups in total. The van der Waals surface area contributed by atoms with Gasteiger partial charge in [0.15, 0.2) is 5.76 Å². The molecule has 18 heavy (non-hydrogen) atoms. The number of benzene rings is 1. The molecule has 90 valence electrons. The molecule has 0 amide bonds. The smallest absolute Gasteiger partial charge is 0.204 e. The predicted octanol–water partition coefficient (Wildman–Crippen LogP) is 1.68. The fraction of sp³-hybridized carbons (Fsp3) is 0.167. The Morgan fingerprint density at radius 2 is 2.06 bits per heavy atom. The number of hydrogen-bond acceptors (Lipinski definition) is 5. The zero-order chi connectivity index (χ0) is 12.4. The third-order valence-electron chi connectivity index (χ3n) is 2.46. The molecule has 3 aromatic rings. The first-order valence-corrected chi connectivity index (χ1v) is 5.57. The SMILES string of the molecule is Cc1cc(Cn2nnc(-c3ccccc3)n2)on1. The van der Waals surface area contributed by atoms with E-state index in [4.69, 9.17) is 4.52 Å². The van der Waals surface area contributed by atoms with Gasteiger partial charge in [-0.05, 0) is 12.1 Å². The van der Waals surface area contributed by atoms with Crippen molar-refractivity contribution in [1.82, 2.24) is 25.4 Å². The Kier molecular flexibility index (Phi) is 2.60. The molecule has 0 aliphatic carbocycles. The monoisotopic (exact) mass is 241 g/mol. The Bertz CT molecular complexity index is 643. The van der Waals surface area contributed by atoms with Gasteiger partial charge in [-0.1, -0.05) is 35.5 Å². The second-order valence-corrected chi connectivity index (χ2v) is 3.94. The number of hydrogen-bond donors (Lipinski definition) is 0. The van der Waals surface area contributed by atoms with Crippen LogP contribution in [0.1, 0.15) is 11.5 Å².